The zero-order chi connectivity index (χ0) is 19.6. The summed E-state index contributed by atoms with van der Waals surface area (Å²) in [4.78, 5) is 25.4. The lowest BCUT2D eigenvalue weighted by molar-refractivity contribution is -0.129. The van der Waals surface area contributed by atoms with Gasteiger partial charge in [0, 0.05) is 38.0 Å². The highest BCUT2D eigenvalue weighted by Gasteiger charge is 2.11. The molecule has 0 saturated carbocycles. The Morgan fingerprint density at radius 2 is 1.56 bits per heavy atom. The molecule has 0 saturated heterocycles. The second-order valence-electron chi connectivity index (χ2n) is 6.36. The highest BCUT2D eigenvalue weighted by Crippen LogP contribution is 2.09. The quantitative estimate of drug-likeness (QED) is 0.711. The molecule has 1 N–H and O–H groups in total. The average Bonchev–Trinajstić information content (AvgIpc) is 2.64. The van der Waals surface area contributed by atoms with Crippen LogP contribution in [0.2, 0.25) is 5.02 Å². The Labute approximate surface area is 164 Å². The molecule has 0 fully saturated rings. The molecule has 0 heterocycles. The maximum absolute atomic E-state index is 12.9. The number of benzene rings is 2. The second-order valence-corrected chi connectivity index (χ2v) is 6.80. The molecular formula is C21H24ClFN2O2. The van der Waals surface area contributed by atoms with Crippen LogP contribution >= 0.6 is 11.6 Å². The van der Waals surface area contributed by atoms with Gasteiger partial charge in [0.2, 0.25) is 11.8 Å². The molecule has 27 heavy (non-hydrogen) atoms. The molecule has 0 atom stereocenters. The van der Waals surface area contributed by atoms with Crippen molar-refractivity contribution in [1.82, 2.24) is 10.2 Å². The minimum atomic E-state index is -0.280. The van der Waals surface area contributed by atoms with Crippen LogP contribution in [-0.4, -0.2) is 36.3 Å². The van der Waals surface area contributed by atoms with Crippen LogP contribution in [0.5, 0.6) is 0 Å². The van der Waals surface area contributed by atoms with Crippen molar-refractivity contribution in [2.75, 3.05) is 19.6 Å². The Kier molecular flexibility index (Phi) is 8.27. The van der Waals surface area contributed by atoms with E-state index in [0.29, 0.717) is 31.1 Å². The van der Waals surface area contributed by atoms with E-state index in [4.69, 9.17) is 11.6 Å². The number of hydrogen-bond acceptors (Lipinski definition) is 2. The fourth-order valence-corrected chi connectivity index (χ4v) is 2.79. The van der Waals surface area contributed by atoms with Gasteiger partial charge in [-0.3, -0.25) is 9.59 Å². The van der Waals surface area contributed by atoms with E-state index in [2.05, 4.69) is 5.32 Å². The van der Waals surface area contributed by atoms with E-state index in [-0.39, 0.29) is 24.1 Å². The number of nitrogens with one attached hydrogen (secondary N) is 1. The molecule has 0 aromatic heterocycles. The molecule has 2 amide bonds. The van der Waals surface area contributed by atoms with E-state index in [0.717, 1.165) is 17.5 Å². The summed E-state index contributed by atoms with van der Waals surface area (Å²) in [7, 11) is 0. The summed E-state index contributed by atoms with van der Waals surface area (Å²) in [6, 6.07) is 13.7. The van der Waals surface area contributed by atoms with Gasteiger partial charge in [0.05, 0.1) is 0 Å². The van der Waals surface area contributed by atoms with Gasteiger partial charge in [0.25, 0.3) is 0 Å². The first-order valence-corrected chi connectivity index (χ1v) is 9.33. The number of carbonyl (C=O) groups excluding carboxylic acids is 2. The molecule has 2 aromatic rings. The van der Waals surface area contributed by atoms with Gasteiger partial charge in [-0.15, -0.1) is 0 Å². The van der Waals surface area contributed by atoms with Crippen molar-refractivity contribution in [2.45, 2.75) is 26.2 Å². The van der Waals surface area contributed by atoms with Crippen LogP contribution in [-0.2, 0) is 22.4 Å². The molecule has 4 nitrogen and oxygen atoms in total. The Balaban J connectivity index is 1.70. The van der Waals surface area contributed by atoms with Gasteiger partial charge in [0.1, 0.15) is 5.82 Å². The lowest BCUT2D eigenvalue weighted by atomic mass is 10.1. The van der Waals surface area contributed by atoms with Gasteiger partial charge < -0.3 is 10.2 Å². The average molecular weight is 391 g/mol. The molecule has 0 aliphatic rings. The number of amides is 2. The number of halogens is 2. The van der Waals surface area contributed by atoms with Gasteiger partial charge in [-0.1, -0.05) is 35.9 Å². The highest BCUT2D eigenvalue weighted by molar-refractivity contribution is 6.30. The predicted molar refractivity (Wildman–Crippen MR) is 105 cm³/mol. The van der Waals surface area contributed by atoms with Crippen LogP contribution in [0.3, 0.4) is 0 Å². The molecular weight excluding hydrogens is 367 g/mol. The first-order chi connectivity index (χ1) is 12.9. The predicted octanol–water partition coefficient (Wildman–Crippen LogP) is 3.62. The zero-order valence-corrected chi connectivity index (χ0v) is 16.1. The van der Waals surface area contributed by atoms with E-state index in [1.807, 2.05) is 24.3 Å². The van der Waals surface area contributed by atoms with Crippen molar-refractivity contribution in [2.24, 2.45) is 0 Å². The summed E-state index contributed by atoms with van der Waals surface area (Å²) in [5.74, 6) is -0.444. The fraction of sp³-hybridized carbons (Fsp3) is 0.333. The van der Waals surface area contributed by atoms with Gasteiger partial charge in [-0.2, -0.15) is 0 Å². The highest BCUT2D eigenvalue weighted by atomic mass is 35.5. The molecule has 0 spiro atoms. The van der Waals surface area contributed by atoms with Crippen molar-refractivity contribution in [1.29, 1.82) is 0 Å². The van der Waals surface area contributed by atoms with Gasteiger partial charge >= 0.3 is 0 Å². The number of nitrogens with zero attached hydrogens (tertiary/aromatic N) is 1. The Morgan fingerprint density at radius 1 is 0.963 bits per heavy atom. The second kappa shape index (κ2) is 10.7. The number of hydrogen-bond donors (Lipinski definition) is 1. The van der Waals surface area contributed by atoms with Crippen LogP contribution in [0, 0.1) is 5.82 Å². The Bertz CT molecular complexity index is 748. The molecule has 6 heteroatoms. The van der Waals surface area contributed by atoms with Crippen LogP contribution in [0.15, 0.2) is 48.5 Å². The SMILES string of the molecule is CC(=O)N(CCC(=O)NCCc1ccc(Cl)cc1)CCc1ccc(F)cc1. The minimum Gasteiger partial charge on any atom is -0.356 e. The number of carbonyl (C=O) groups is 2. The third kappa shape index (κ3) is 7.79. The van der Waals surface area contributed by atoms with Crippen molar-refractivity contribution in [3.8, 4) is 0 Å². The van der Waals surface area contributed by atoms with E-state index in [1.165, 1.54) is 19.1 Å². The summed E-state index contributed by atoms with van der Waals surface area (Å²) in [5, 5.41) is 3.56. The number of rotatable bonds is 9. The zero-order valence-electron chi connectivity index (χ0n) is 15.4. The standard InChI is InChI=1S/C21H24ClFN2O2/c1-16(26)25(14-11-18-4-8-20(23)9-5-18)15-12-21(27)24-13-10-17-2-6-19(22)7-3-17/h2-9H,10-15H2,1H3,(H,24,27). The van der Waals surface area contributed by atoms with Crippen molar-refractivity contribution >= 4 is 23.4 Å². The van der Waals surface area contributed by atoms with E-state index < -0.39 is 0 Å². The van der Waals surface area contributed by atoms with E-state index >= 15 is 0 Å². The molecule has 0 bridgehead atoms. The van der Waals surface area contributed by atoms with Gasteiger partial charge in [0.15, 0.2) is 0 Å². The van der Waals surface area contributed by atoms with E-state index in [9.17, 15) is 14.0 Å². The normalized spacial score (nSPS) is 10.5. The molecule has 2 rings (SSSR count). The topological polar surface area (TPSA) is 49.4 Å². The largest absolute Gasteiger partial charge is 0.356 e. The van der Waals surface area contributed by atoms with Gasteiger partial charge in [-0.05, 0) is 48.2 Å². The summed E-state index contributed by atoms with van der Waals surface area (Å²) in [6.45, 7) is 2.89. The summed E-state index contributed by atoms with van der Waals surface area (Å²) >= 11 is 5.85. The van der Waals surface area contributed by atoms with Crippen LogP contribution in [0.1, 0.15) is 24.5 Å². The van der Waals surface area contributed by atoms with Crippen LogP contribution < -0.4 is 5.32 Å². The first-order valence-electron chi connectivity index (χ1n) is 8.95. The molecule has 144 valence electrons. The molecule has 0 radical (unpaired) electrons. The lowest BCUT2D eigenvalue weighted by Crippen LogP contribution is -2.35. The van der Waals surface area contributed by atoms with E-state index in [1.54, 1.807) is 17.0 Å². The molecule has 0 unspecified atom stereocenters. The summed E-state index contributed by atoms with van der Waals surface area (Å²) in [5.41, 5.74) is 2.06. The maximum atomic E-state index is 12.9. The monoisotopic (exact) mass is 390 g/mol. The minimum absolute atomic E-state index is 0.0777. The molecule has 0 aliphatic heterocycles. The van der Waals surface area contributed by atoms with Crippen molar-refractivity contribution < 1.29 is 14.0 Å². The summed E-state index contributed by atoms with van der Waals surface area (Å²) in [6.07, 6.45) is 1.60. The fourth-order valence-electron chi connectivity index (χ4n) is 2.66. The Morgan fingerprint density at radius 3 is 2.19 bits per heavy atom. The smallest absolute Gasteiger partial charge is 0.221 e. The lowest BCUT2D eigenvalue weighted by Gasteiger charge is -2.21. The molecule has 2 aromatic carbocycles. The molecule has 0 aliphatic carbocycles. The van der Waals surface area contributed by atoms with Crippen LogP contribution in [0.4, 0.5) is 4.39 Å². The van der Waals surface area contributed by atoms with Gasteiger partial charge in [-0.25, -0.2) is 4.39 Å². The summed E-state index contributed by atoms with van der Waals surface area (Å²) < 4.78 is 12.9. The van der Waals surface area contributed by atoms with Crippen molar-refractivity contribution in [3.05, 3.63) is 70.5 Å². The van der Waals surface area contributed by atoms with Crippen molar-refractivity contribution in [3.63, 3.8) is 0 Å². The van der Waals surface area contributed by atoms with Crippen LogP contribution in [0.25, 0.3) is 0 Å². The maximum Gasteiger partial charge on any atom is 0.221 e. The first kappa shape index (κ1) is 20.9. The third-order valence-corrected chi connectivity index (χ3v) is 4.54. The third-order valence-electron chi connectivity index (χ3n) is 4.29. The Hall–Kier alpha value is -2.40.